The van der Waals surface area contributed by atoms with Crippen LogP contribution in [0.3, 0.4) is 0 Å². The van der Waals surface area contributed by atoms with Crippen molar-refractivity contribution < 1.29 is 18.7 Å². The summed E-state index contributed by atoms with van der Waals surface area (Å²) in [6.07, 6.45) is 1.74. The molecule has 0 bridgehead atoms. The highest BCUT2D eigenvalue weighted by molar-refractivity contribution is 5.79. The van der Waals surface area contributed by atoms with Crippen molar-refractivity contribution in [2.24, 2.45) is 0 Å². The zero-order valence-electron chi connectivity index (χ0n) is 15.7. The van der Waals surface area contributed by atoms with Gasteiger partial charge in [0, 0.05) is 37.2 Å². The van der Waals surface area contributed by atoms with Crippen LogP contribution in [0.15, 0.2) is 24.3 Å². The van der Waals surface area contributed by atoms with Crippen LogP contribution < -0.4 is 0 Å². The maximum Gasteiger partial charge on any atom is 0.227 e. The van der Waals surface area contributed by atoms with Crippen LogP contribution in [0.5, 0.6) is 0 Å². The predicted octanol–water partition coefficient (Wildman–Crippen LogP) is 2.54. The zero-order valence-corrected chi connectivity index (χ0v) is 15.7. The van der Waals surface area contributed by atoms with Gasteiger partial charge in [-0.1, -0.05) is 0 Å². The number of piperidine rings is 1. The van der Waals surface area contributed by atoms with Gasteiger partial charge in [0.05, 0.1) is 31.0 Å². The molecule has 0 saturated carbocycles. The van der Waals surface area contributed by atoms with Crippen LogP contribution in [0.1, 0.15) is 29.8 Å². The second-order valence-electron chi connectivity index (χ2n) is 7.20. The van der Waals surface area contributed by atoms with Crippen LogP contribution in [-0.2, 0) is 20.7 Å². The number of halogens is 1. The summed E-state index contributed by atoms with van der Waals surface area (Å²) in [7, 11) is 0. The quantitative estimate of drug-likeness (QED) is 0.830. The maximum atomic E-state index is 13.2. The Labute approximate surface area is 157 Å². The van der Waals surface area contributed by atoms with E-state index in [2.05, 4.69) is 5.10 Å². The number of hydrogen-bond acceptors (Lipinski definition) is 4. The van der Waals surface area contributed by atoms with Crippen LogP contribution in [0.25, 0.3) is 5.69 Å². The highest BCUT2D eigenvalue weighted by Crippen LogP contribution is 2.31. The fraction of sp³-hybridized carbons (Fsp3) is 0.500. The lowest BCUT2D eigenvalue weighted by Gasteiger charge is -2.37. The molecule has 1 aromatic carbocycles. The third kappa shape index (κ3) is 3.49. The number of amides is 1. The minimum absolute atomic E-state index is 0.0905. The molecule has 3 heterocycles. The normalized spacial score (nSPS) is 19.0. The molecule has 1 spiro atoms. The number of aryl methyl sites for hydroxylation is 1. The molecule has 2 fully saturated rings. The number of aromatic nitrogens is 2. The number of likely N-dealkylation sites (tertiary alicyclic amines) is 1. The summed E-state index contributed by atoms with van der Waals surface area (Å²) >= 11 is 0. The van der Waals surface area contributed by atoms with E-state index in [9.17, 15) is 9.18 Å². The van der Waals surface area contributed by atoms with Gasteiger partial charge in [0.1, 0.15) is 5.82 Å². The molecular weight excluding hydrogens is 349 g/mol. The smallest absolute Gasteiger partial charge is 0.227 e. The van der Waals surface area contributed by atoms with Gasteiger partial charge < -0.3 is 14.4 Å². The van der Waals surface area contributed by atoms with E-state index in [1.165, 1.54) is 12.1 Å². The number of ether oxygens (including phenoxy) is 2. The Hall–Kier alpha value is -2.25. The Morgan fingerprint density at radius 1 is 1.15 bits per heavy atom. The lowest BCUT2D eigenvalue weighted by Crippen LogP contribution is -2.47. The van der Waals surface area contributed by atoms with E-state index in [0.717, 1.165) is 22.6 Å². The Bertz CT molecular complexity index is 831. The van der Waals surface area contributed by atoms with E-state index >= 15 is 0 Å². The van der Waals surface area contributed by atoms with Crippen LogP contribution in [0.2, 0.25) is 0 Å². The second kappa shape index (κ2) is 7.05. The molecule has 0 unspecified atom stereocenters. The average Bonchev–Trinajstić information content (AvgIpc) is 3.23. The Morgan fingerprint density at radius 2 is 1.78 bits per heavy atom. The number of rotatable bonds is 3. The van der Waals surface area contributed by atoms with Crippen molar-refractivity contribution in [3.05, 3.63) is 47.0 Å². The van der Waals surface area contributed by atoms with E-state index in [1.807, 2.05) is 18.7 Å². The summed E-state index contributed by atoms with van der Waals surface area (Å²) in [6.45, 7) is 6.40. The first kappa shape index (κ1) is 18.1. The minimum Gasteiger partial charge on any atom is -0.347 e. The van der Waals surface area contributed by atoms with Crippen molar-refractivity contribution in [3.8, 4) is 5.69 Å². The molecule has 4 rings (SSSR count). The van der Waals surface area contributed by atoms with Gasteiger partial charge >= 0.3 is 0 Å². The summed E-state index contributed by atoms with van der Waals surface area (Å²) < 4.78 is 26.4. The van der Waals surface area contributed by atoms with Gasteiger partial charge in [-0.3, -0.25) is 4.79 Å². The Morgan fingerprint density at radius 3 is 2.41 bits per heavy atom. The number of carbonyl (C=O) groups excluding carboxylic acids is 1. The van der Waals surface area contributed by atoms with Crippen LogP contribution in [0, 0.1) is 19.7 Å². The monoisotopic (exact) mass is 373 g/mol. The van der Waals surface area contributed by atoms with Crippen LogP contribution in [-0.4, -0.2) is 52.7 Å². The summed E-state index contributed by atoms with van der Waals surface area (Å²) in [4.78, 5) is 14.7. The van der Waals surface area contributed by atoms with Crippen LogP contribution >= 0.6 is 0 Å². The minimum atomic E-state index is -0.476. The topological polar surface area (TPSA) is 56.6 Å². The molecule has 0 aliphatic carbocycles. The molecule has 2 aromatic rings. The third-order valence-electron chi connectivity index (χ3n) is 5.53. The predicted molar refractivity (Wildman–Crippen MR) is 97.1 cm³/mol. The first-order valence-electron chi connectivity index (χ1n) is 9.34. The van der Waals surface area contributed by atoms with Gasteiger partial charge in [0.2, 0.25) is 5.91 Å². The van der Waals surface area contributed by atoms with E-state index < -0.39 is 5.79 Å². The molecule has 7 heteroatoms. The van der Waals surface area contributed by atoms with E-state index in [-0.39, 0.29) is 11.7 Å². The lowest BCUT2D eigenvalue weighted by molar-refractivity contribution is -0.187. The lowest BCUT2D eigenvalue weighted by atomic mass is 10.0. The molecule has 0 radical (unpaired) electrons. The Balaban J connectivity index is 1.46. The van der Waals surface area contributed by atoms with Gasteiger partial charge in [-0.15, -0.1) is 0 Å². The summed E-state index contributed by atoms with van der Waals surface area (Å²) in [5, 5.41) is 4.55. The molecule has 2 saturated heterocycles. The highest BCUT2D eigenvalue weighted by atomic mass is 19.1. The number of benzene rings is 1. The highest BCUT2D eigenvalue weighted by Gasteiger charge is 2.40. The second-order valence-corrected chi connectivity index (χ2v) is 7.20. The number of hydrogen-bond donors (Lipinski definition) is 0. The van der Waals surface area contributed by atoms with Gasteiger partial charge in [-0.25, -0.2) is 9.07 Å². The summed E-state index contributed by atoms with van der Waals surface area (Å²) in [5.74, 6) is -0.669. The standard InChI is InChI=1S/C20H24FN3O3/c1-14-18(15(2)24(22-14)17-5-3-16(21)4-6-17)13-19(25)23-9-7-20(8-10-23)26-11-12-27-20/h3-6H,7-13H2,1-2H3. The summed E-state index contributed by atoms with van der Waals surface area (Å²) in [5.41, 5.74) is 3.44. The fourth-order valence-electron chi connectivity index (χ4n) is 3.91. The molecule has 144 valence electrons. The molecular formula is C20H24FN3O3. The van der Waals surface area contributed by atoms with Gasteiger partial charge in [0.15, 0.2) is 5.79 Å². The van der Waals surface area contributed by atoms with E-state index in [0.29, 0.717) is 45.6 Å². The third-order valence-corrected chi connectivity index (χ3v) is 5.53. The van der Waals surface area contributed by atoms with Crippen LogP contribution in [0.4, 0.5) is 4.39 Å². The van der Waals surface area contributed by atoms with Crippen molar-refractivity contribution >= 4 is 5.91 Å². The first-order valence-corrected chi connectivity index (χ1v) is 9.34. The van der Waals surface area contributed by atoms with Gasteiger partial charge in [-0.2, -0.15) is 5.10 Å². The maximum absolute atomic E-state index is 13.2. The fourth-order valence-corrected chi connectivity index (χ4v) is 3.91. The molecule has 2 aliphatic heterocycles. The Kier molecular flexibility index (Phi) is 4.74. The van der Waals surface area contributed by atoms with Gasteiger partial charge in [-0.05, 0) is 38.1 Å². The summed E-state index contributed by atoms with van der Waals surface area (Å²) in [6, 6.07) is 6.19. The molecule has 6 nitrogen and oxygen atoms in total. The zero-order chi connectivity index (χ0) is 19.0. The SMILES string of the molecule is Cc1nn(-c2ccc(F)cc2)c(C)c1CC(=O)N1CCC2(CC1)OCCO2. The molecule has 0 N–H and O–H groups in total. The number of nitrogens with zero attached hydrogens (tertiary/aromatic N) is 3. The number of carbonyl (C=O) groups is 1. The molecule has 27 heavy (non-hydrogen) atoms. The van der Waals surface area contributed by atoms with Crippen molar-refractivity contribution in [2.45, 2.75) is 38.9 Å². The first-order chi connectivity index (χ1) is 13.0. The van der Waals surface area contributed by atoms with Gasteiger partial charge in [0.25, 0.3) is 0 Å². The average molecular weight is 373 g/mol. The van der Waals surface area contributed by atoms with Crippen molar-refractivity contribution in [2.75, 3.05) is 26.3 Å². The van der Waals surface area contributed by atoms with Crippen molar-refractivity contribution in [1.29, 1.82) is 0 Å². The molecule has 1 amide bonds. The van der Waals surface area contributed by atoms with E-state index in [1.54, 1.807) is 16.8 Å². The molecule has 1 aromatic heterocycles. The van der Waals surface area contributed by atoms with E-state index in [4.69, 9.17) is 9.47 Å². The largest absolute Gasteiger partial charge is 0.347 e. The van der Waals surface area contributed by atoms with Crippen molar-refractivity contribution in [3.63, 3.8) is 0 Å². The van der Waals surface area contributed by atoms with Crippen molar-refractivity contribution in [1.82, 2.24) is 14.7 Å². The molecule has 0 atom stereocenters. The molecule has 2 aliphatic rings.